The van der Waals surface area contributed by atoms with Crippen LogP contribution in [0, 0.1) is 0 Å². The first-order chi connectivity index (χ1) is 8.66. The van der Waals surface area contributed by atoms with E-state index in [9.17, 15) is 8.42 Å². The molecule has 2 rings (SSSR count). The Balaban J connectivity index is 1.66. The molecule has 5 heteroatoms. The predicted molar refractivity (Wildman–Crippen MR) is 74.1 cm³/mol. The van der Waals surface area contributed by atoms with Crippen molar-refractivity contribution in [2.45, 2.75) is 57.4 Å². The first kappa shape index (κ1) is 14.3. The molecule has 2 aliphatic rings. The SMILES string of the molecule is O=S(=O)(CCCN1CCCC1)NC1CCCCC1. The minimum Gasteiger partial charge on any atom is -0.303 e. The molecule has 0 aromatic carbocycles. The topological polar surface area (TPSA) is 49.4 Å². The fraction of sp³-hybridized carbons (Fsp3) is 1.00. The molecule has 4 nitrogen and oxygen atoms in total. The van der Waals surface area contributed by atoms with Crippen LogP contribution >= 0.6 is 0 Å². The van der Waals surface area contributed by atoms with E-state index in [4.69, 9.17) is 0 Å². The Labute approximate surface area is 111 Å². The summed E-state index contributed by atoms with van der Waals surface area (Å²) in [6.45, 7) is 3.23. The van der Waals surface area contributed by atoms with E-state index in [2.05, 4.69) is 9.62 Å². The summed E-state index contributed by atoms with van der Waals surface area (Å²) < 4.78 is 26.8. The summed E-state index contributed by atoms with van der Waals surface area (Å²) >= 11 is 0. The van der Waals surface area contributed by atoms with E-state index in [1.165, 1.54) is 32.1 Å². The van der Waals surface area contributed by atoms with E-state index in [0.29, 0.717) is 5.75 Å². The van der Waals surface area contributed by atoms with Gasteiger partial charge in [-0.3, -0.25) is 0 Å². The minimum absolute atomic E-state index is 0.204. The average Bonchev–Trinajstić information content (AvgIpc) is 2.82. The maximum absolute atomic E-state index is 11.9. The molecule has 0 radical (unpaired) electrons. The largest absolute Gasteiger partial charge is 0.303 e. The highest BCUT2D eigenvalue weighted by atomic mass is 32.2. The fourth-order valence-corrected chi connectivity index (χ4v) is 4.39. The molecule has 106 valence electrons. The van der Waals surface area contributed by atoms with E-state index < -0.39 is 10.0 Å². The second-order valence-electron chi connectivity index (χ2n) is 5.67. The number of likely N-dealkylation sites (tertiary alicyclic amines) is 1. The van der Waals surface area contributed by atoms with E-state index in [-0.39, 0.29) is 6.04 Å². The number of sulfonamides is 1. The molecule has 0 amide bonds. The molecule has 1 aliphatic carbocycles. The molecule has 0 aromatic heterocycles. The Morgan fingerprint density at radius 2 is 1.67 bits per heavy atom. The second kappa shape index (κ2) is 6.87. The molecule has 1 aliphatic heterocycles. The van der Waals surface area contributed by atoms with Gasteiger partial charge in [0.15, 0.2) is 0 Å². The molecule has 1 N–H and O–H groups in total. The van der Waals surface area contributed by atoms with Gasteiger partial charge < -0.3 is 4.90 Å². The van der Waals surface area contributed by atoms with E-state index in [1.807, 2.05) is 0 Å². The summed E-state index contributed by atoms with van der Waals surface area (Å²) in [4.78, 5) is 2.37. The molecular weight excluding hydrogens is 248 g/mol. The van der Waals surface area contributed by atoms with Crippen LogP contribution in [-0.4, -0.2) is 44.7 Å². The lowest BCUT2D eigenvalue weighted by Crippen LogP contribution is -2.38. The molecular formula is C13H26N2O2S. The molecule has 0 aromatic rings. The summed E-state index contributed by atoms with van der Waals surface area (Å²) in [5.74, 6) is 0.292. The Hall–Kier alpha value is -0.130. The number of hydrogen-bond donors (Lipinski definition) is 1. The molecule has 0 bridgehead atoms. The van der Waals surface area contributed by atoms with Crippen molar-refractivity contribution in [1.82, 2.24) is 9.62 Å². The van der Waals surface area contributed by atoms with Crippen LogP contribution in [0.2, 0.25) is 0 Å². The summed E-state index contributed by atoms with van der Waals surface area (Å²) in [5, 5.41) is 0. The lowest BCUT2D eigenvalue weighted by atomic mass is 9.96. The van der Waals surface area contributed by atoms with Gasteiger partial charge >= 0.3 is 0 Å². The zero-order chi connectivity index (χ0) is 12.8. The zero-order valence-electron chi connectivity index (χ0n) is 11.2. The van der Waals surface area contributed by atoms with Gasteiger partial charge in [0.25, 0.3) is 0 Å². The molecule has 2 fully saturated rings. The van der Waals surface area contributed by atoms with Gasteiger partial charge in [0.05, 0.1) is 5.75 Å². The third-order valence-electron chi connectivity index (χ3n) is 4.04. The van der Waals surface area contributed by atoms with Crippen molar-refractivity contribution >= 4 is 10.0 Å². The van der Waals surface area contributed by atoms with Crippen molar-refractivity contribution in [2.24, 2.45) is 0 Å². The molecule has 18 heavy (non-hydrogen) atoms. The highest BCUT2D eigenvalue weighted by molar-refractivity contribution is 7.89. The van der Waals surface area contributed by atoms with Crippen molar-refractivity contribution in [3.8, 4) is 0 Å². The van der Waals surface area contributed by atoms with Crippen LogP contribution in [0.3, 0.4) is 0 Å². The number of hydrogen-bond acceptors (Lipinski definition) is 3. The average molecular weight is 274 g/mol. The van der Waals surface area contributed by atoms with Gasteiger partial charge in [-0.05, 0) is 51.7 Å². The quantitative estimate of drug-likeness (QED) is 0.802. The molecule has 1 saturated carbocycles. The Morgan fingerprint density at radius 1 is 1.00 bits per heavy atom. The second-order valence-corrected chi connectivity index (χ2v) is 7.55. The monoisotopic (exact) mass is 274 g/mol. The zero-order valence-corrected chi connectivity index (χ0v) is 12.1. The van der Waals surface area contributed by atoms with E-state index in [1.54, 1.807) is 0 Å². The highest BCUT2D eigenvalue weighted by Gasteiger charge is 2.20. The maximum Gasteiger partial charge on any atom is 0.211 e. The first-order valence-corrected chi connectivity index (χ1v) is 9.03. The van der Waals surface area contributed by atoms with Gasteiger partial charge in [-0.1, -0.05) is 19.3 Å². The van der Waals surface area contributed by atoms with Crippen LogP contribution in [0.5, 0.6) is 0 Å². The van der Waals surface area contributed by atoms with Crippen molar-refractivity contribution in [1.29, 1.82) is 0 Å². The van der Waals surface area contributed by atoms with Gasteiger partial charge in [0.2, 0.25) is 10.0 Å². The minimum atomic E-state index is -3.05. The lowest BCUT2D eigenvalue weighted by molar-refractivity contribution is 0.339. The van der Waals surface area contributed by atoms with E-state index in [0.717, 1.165) is 38.9 Å². The van der Waals surface area contributed by atoms with Crippen LogP contribution in [0.1, 0.15) is 51.4 Å². The summed E-state index contributed by atoms with van der Waals surface area (Å²) in [7, 11) is -3.05. The third kappa shape index (κ3) is 4.86. The van der Waals surface area contributed by atoms with Gasteiger partial charge in [0.1, 0.15) is 0 Å². The van der Waals surface area contributed by atoms with Crippen molar-refractivity contribution in [3.63, 3.8) is 0 Å². The van der Waals surface area contributed by atoms with E-state index >= 15 is 0 Å². The third-order valence-corrected chi connectivity index (χ3v) is 5.56. The van der Waals surface area contributed by atoms with Crippen molar-refractivity contribution in [3.05, 3.63) is 0 Å². The van der Waals surface area contributed by atoms with Gasteiger partial charge in [-0.15, -0.1) is 0 Å². The first-order valence-electron chi connectivity index (χ1n) is 7.38. The summed E-state index contributed by atoms with van der Waals surface area (Å²) in [5.41, 5.74) is 0. The molecule has 0 atom stereocenters. The summed E-state index contributed by atoms with van der Waals surface area (Å²) in [6, 6.07) is 0.204. The number of nitrogens with zero attached hydrogens (tertiary/aromatic N) is 1. The highest BCUT2D eigenvalue weighted by Crippen LogP contribution is 2.18. The van der Waals surface area contributed by atoms with Crippen LogP contribution in [0.15, 0.2) is 0 Å². The van der Waals surface area contributed by atoms with Crippen LogP contribution in [-0.2, 0) is 10.0 Å². The van der Waals surface area contributed by atoms with Crippen LogP contribution in [0.25, 0.3) is 0 Å². The lowest BCUT2D eigenvalue weighted by Gasteiger charge is -2.22. The molecule has 1 heterocycles. The standard InChI is InChI=1S/C13H26N2O2S/c16-18(17,14-13-7-2-1-3-8-13)12-6-11-15-9-4-5-10-15/h13-14H,1-12H2. The van der Waals surface area contributed by atoms with Crippen molar-refractivity contribution < 1.29 is 8.42 Å². The van der Waals surface area contributed by atoms with Crippen LogP contribution in [0.4, 0.5) is 0 Å². The van der Waals surface area contributed by atoms with Gasteiger partial charge in [0, 0.05) is 6.04 Å². The van der Waals surface area contributed by atoms with Crippen molar-refractivity contribution in [2.75, 3.05) is 25.4 Å². The predicted octanol–water partition coefficient (Wildman–Crippen LogP) is 1.72. The molecule has 0 spiro atoms. The Bertz CT molecular complexity index is 331. The van der Waals surface area contributed by atoms with Gasteiger partial charge in [-0.2, -0.15) is 0 Å². The fourth-order valence-electron chi connectivity index (χ4n) is 3.02. The molecule has 0 unspecified atom stereocenters. The number of nitrogens with one attached hydrogen (secondary N) is 1. The normalized spacial score (nSPS) is 23.6. The summed E-state index contributed by atoms with van der Waals surface area (Å²) in [6.07, 6.45) is 8.94. The maximum atomic E-state index is 11.9. The van der Waals surface area contributed by atoms with Gasteiger partial charge in [-0.25, -0.2) is 13.1 Å². The molecule has 1 saturated heterocycles. The van der Waals surface area contributed by atoms with Crippen LogP contribution < -0.4 is 4.72 Å². The number of rotatable bonds is 6. The Kier molecular flexibility index (Phi) is 5.45. The smallest absolute Gasteiger partial charge is 0.211 e. The Morgan fingerprint density at radius 3 is 2.33 bits per heavy atom.